The quantitative estimate of drug-likeness (QED) is 0.754. The van der Waals surface area contributed by atoms with Crippen molar-refractivity contribution in [2.45, 2.75) is 32.4 Å². The molecule has 18 heavy (non-hydrogen) atoms. The van der Waals surface area contributed by atoms with Crippen molar-refractivity contribution in [1.82, 2.24) is 5.32 Å². The molecule has 0 saturated heterocycles. The van der Waals surface area contributed by atoms with Gasteiger partial charge in [-0.1, -0.05) is 15.9 Å². The molecule has 0 radical (unpaired) electrons. The first-order chi connectivity index (χ1) is 8.51. The van der Waals surface area contributed by atoms with Gasteiger partial charge in [0.15, 0.2) is 0 Å². The molecule has 1 rings (SSSR count). The Labute approximate surface area is 116 Å². The first kappa shape index (κ1) is 15.1. The molecule has 0 saturated carbocycles. The smallest absolute Gasteiger partial charge is 0.225 e. The number of hydrogen-bond acceptors (Lipinski definition) is 3. The molecule has 1 amide bonds. The maximum absolute atomic E-state index is 11.8. The van der Waals surface area contributed by atoms with E-state index in [-0.39, 0.29) is 24.6 Å². The molecule has 0 bridgehead atoms. The van der Waals surface area contributed by atoms with Crippen LogP contribution in [-0.4, -0.2) is 29.7 Å². The monoisotopic (exact) mass is 314 g/mol. The summed E-state index contributed by atoms with van der Waals surface area (Å²) in [6.07, 6.45) is 0.375. The lowest BCUT2D eigenvalue weighted by Gasteiger charge is -2.17. The summed E-state index contributed by atoms with van der Waals surface area (Å²) in [5.74, 6) is -0.0394. The van der Waals surface area contributed by atoms with Crippen LogP contribution in [0.3, 0.4) is 0 Å². The highest BCUT2D eigenvalue weighted by atomic mass is 79.9. The molecule has 0 aliphatic carbocycles. The third kappa shape index (κ3) is 5.62. The van der Waals surface area contributed by atoms with Crippen LogP contribution < -0.4 is 10.6 Å². The van der Waals surface area contributed by atoms with Gasteiger partial charge >= 0.3 is 0 Å². The first-order valence-corrected chi connectivity index (χ1v) is 6.73. The first-order valence-electron chi connectivity index (χ1n) is 5.93. The molecule has 3 N–H and O–H groups in total. The van der Waals surface area contributed by atoms with Crippen molar-refractivity contribution < 1.29 is 9.90 Å². The molecule has 0 fully saturated rings. The van der Waals surface area contributed by atoms with Crippen molar-refractivity contribution in [3.05, 3.63) is 28.7 Å². The van der Waals surface area contributed by atoms with Crippen molar-refractivity contribution in [1.29, 1.82) is 0 Å². The largest absolute Gasteiger partial charge is 0.395 e. The Morgan fingerprint density at radius 2 is 1.89 bits per heavy atom. The molecular weight excluding hydrogens is 296 g/mol. The molecule has 1 aromatic rings. The number of benzene rings is 1. The lowest BCUT2D eigenvalue weighted by atomic mass is 10.2. The van der Waals surface area contributed by atoms with Gasteiger partial charge in [0.25, 0.3) is 0 Å². The molecule has 0 spiro atoms. The van der Waals surface area contributed by atoms with E-state index < -0.39 is 0 Å². The van der Waals surface area contributed by atoms with Gasteiger partial charge < -0.3 is 15.7 Å². The second kappa shape index (κ2) is 7.51. The van der Waals surface area contributed by atoms with Gasteiger partial charge in [-0.05, 0) is 38.1 Å². The van der Waals surface area contributed by atoms with Crippen molar-refractivity contribution in [3.8, 4) is 0 Å². The van der Waals surface area contributed by atoms with Gasteiger partial charge in [-0.3, -0.25) is 4.79 Å². The number of anilines is 1. The van der Waals surface area contributed by atoms with E-state index in [1.54, 1.807) is 0 Å². The minimum absolute atomic E-state index is 0.000445. The van der Waals surface area contributed by atoms with Crippen LogP contribution in [0.1, 0.15) is 20.3 Å². The zero-order valence-electron chi connectivity index (χ0n) is 10.6. The van der Waals surface area contributed by atoms with E-state index >= 15 is 0 Å². The molecule has 100 valence electrons. The third-order valence-corrected chi connectivity index (χ3v) is 2.99. The average Bonchev–Trinajstić information content (AvgIpc) is 2.31. The summed E-state index contributed by atoms with van der Waals surface area (Å²) in [7, 11) is 0. The lowest BCUT2D eigenvalue weighted by Crippen LogP contribution is -2.38. The summed E-state index contributed by atoms with van der Waals surface area (Å²) in [5.41, 5.74) is 0.783. The second-order valence-electron chi connectivity index (χ2n) is 4.41. The van der Waals surface area contributed by atoms with Crippen LogP contribution in [0.5, 0.6) is 0 Å². The predicted octanol–water partition coefficient (Wildman–Crippen LogP) is 2.14. The fourth-order valence-electron chi connectivity index (χ4n) is 1.62. The molecule has 2 unspecified atom stereocenters. The van der Waals surface area contributed by atoms with E-state index in [1.165, 1.54) is 0 Å². The molecule has 2 atom stereocenters. The fourth-order valence-corrected chi connectivity index (χ4v) is 1.88. The highest BCUT2D eigenvalue weighted by molar-refractivity contribution is 9.10. The summed E-state index contributed by atoms with van der Waals surface area (Å²) in [5, 5.41) is 14.9. The molecule has 0 aliphatic heterocycles. The number of halogens is 1. The number of carbonyl (C=O) groups excluding carboxylic acids is 1. The Balaban J connectivity index is 2.39. The van der Waals surface area contributed by atoms with Gasteiger partial charge in [0.05, 0.1) is 6.61 Å². The number of carbonyl (C=O) groups is 1. The van der Waals surface area contributed by atoms with Gasteiger partial charge in [-0.15, -0.1) is 0 Å². The van der Waals surface area contributed by atoms with E-state index in [4.69, 9.17) is 5.11 Å². The molecule has 0 heterocycles. The van der Waals surface area contributed by atoms with Crippen molar-refractivity contribution in [3.63, 3.8) is 0 Å². The zero-order chi connectivity index (χ0) is 13.5. The van der Waals surface area contributed by atoms with E-state index in [1.807, 2.05) is 38.1 Å². The number of nitrogens with one attached hydrogen (secondary N) is 2. The van der Waals surface area contributed by atoms with Crippen LogP contribution in [0.4, 0.5) is 5.69 Å². The van der Waals surface area contributed by atoms with Gasteiger partial charge in [0, 0.05) is 28.7 Å². The molecule has 0 aliphatic rings. The average molecular weight is 315 g/mol. The van der Waals surface area contributed by atoms with E-state index in [0.717, 1.165) is 10.2 Å². The van der Waals surface area contributed by atoms with Crippen LogP contribution in [0.2, 0.25) is 0 Å². The number of hydrogen-bond donors (Lipinski definition) is 3. The SMILES string of the molecule is CC(CO)NC(C)CC(=O)Nc1ccc(Br)cc1. The van der Waals surface area contributed by atoms with Crippen LogP contribution in [0, 0.1) is 0 Å². The number of amides is 1. The standard InChI is InChI=1S/C13H19BrN2O2/c1-9(15-10(2)8-17)7-13(18)16-12-5-3-11(14)4-6-12/h3-6,9-10,15,17H,7-8H2,1-2H3,(H,16,18). The Hall–Kier alpha value is -0.910. The van der Waals surface area contributed by atoms with E-state index in [2.05, 4.69) is 26.6 Å². The topological polar surface area (TPSA) is 61.4 Å². The zero-order valence-corrected chi connectivity index (χ0v) is 12.2. The van der Waals surface area contributed by atoms with Crippen molar-refractivity contribution >= 4 is 27.5 Å². The Bertz CT molecular complexity index is 381. The third-order valence-electron chi connectivity index (χ3n) is 2.46. The fraction of sp³-hybridized carbons (Fsp3) is 0.462. The van der Waals surface area contributed by atoms with Crippen molar-refractivity contribution in [2.24, 2.45) is 0 Å². The molecule has 1 aromatic carbocycles. The van der Waals surface area contributed by atoms with E-state index in [0.29, 0.717) is 6.42 Å². The van der Waals surface area contributed by atoms with Crippen LogP contribution in [0.15, 0.2) is 28.7 Å². The number of aliphatic hydroxyl groups is 1. The Morgan fingerprint density at radius 3 is 2.44 bits per heavy atom. The van der Waals surface area contributed by atoms with Gasteiger partial charge in [0.2, 0.25) is 5.91 Å². The van der Waals surface area contributed by atoms with Crippen LogP contribution in [-0.2, 0) is 4.79 Å². The van der Waals surface area contributed by atoms with Crippen molar-refractivity contribution in [2.75, 3.05) is 11.9 Å². The van der Waals surface area contributed by atoms with Gasteiger partial charge in [-0.25, -0.2) is 0 Å². The molecule has 4 nitrogen and oxygen atoms in total. The summed E-state index contributed by atoms with van der Waals surface area (Å²) < 4.78 is 0.979. The number of rotatable bonds is 6. The second-order valence-corrected chi connectivity index (χ2v) is 5.33. The minimum atomic E-state index is -0.0394. The van der Waals surface area contributed by atoms with Crippen LogP contribution >= 0.6 is 15.9 Å². The Kier molecular flexibility index (Phi) is 6.32. The van der Waals surface area contributed by atoms with Crippen LogP contribution in [0.25, 0.3) is 0 Å². The highest BCUT2D eigenvalue weighted by Gasteiger charge is 2.11. The Morgan fingerprint density at radius 1 is 1.28 bits per heavy atom. The number of aliphatic hydroxyl groups excluding tert-OH is 1. The maximum Gasteiger partial charge on any atom is 0.225 e. The van der Waals surface area contributed by atoms with E-state index in [9.17, 15) is 4.79 Å². The summed E-state index contributed by atoms with van der Waals surface area (Å²) in [6.45, 7) is 3.87. The molecule has 0 aromatic heterocycles. The summed E-state index contributed by atoms with van der Waals surface area (Å²) in [4.78, 5) is 11.8. The minimum Gasteiger partial charge on any atom is -0.395 e. The highest BCUT2D eigenvalue weighted by Crippen LogP contribution is 2.14. The summed E-state index contributed by atoms with van der Waals surface area (Å²) >= 11 is 3.34. The summed E-state index contributed by atoms with van der Waals surface area (Å²) in [6, 6.07) is 7.48. The normalized spacial score (nSPS) is 14.0. The van der Waals surface area contributed by atoms with Gasteiger partial charge in [-0.2, -0.15) is 0 Å². The predicted molar refractivity (Wildman–Crippen MR) is 76.5 cm³/mol. The molecule has 5 heteroatoms. The van der Waals surface area contributed by atoms with Gasteiger partial charge in [0.1, 0.15) is 0 Å². The maximum atomic E-state index is 11.8. The lowest BCUT2D eigenvalue weighted by molar-refractivity contribution is -0.116. The molecular formula is C13H19BrN2O2.